The van der Waals surface area contributed by atoms with Gasteiger partial charge in [0.2, 0.25) is 0 Å². The first-order chi connectivity index (χ1) is 18.4. The Morgan fingerprint density at radius 2 is 1.55 bits per heavy atom. The van der Waals surface area contributed by atoms with E-state index in [1.807, 2.05) is 6.92 Å². The average Bonchev–Trinajstić information content (AvgIpc) is 2.93. The molecule has 10 nitrogen and oxygen atoms in total. The van der Waals surface area contributed by atoms with Gasteiger partial charge in [0.1, 0.15) is 11.6 Å². The number of ether oxygens (including phenoxy) is 3. The zero-order chi connectivity index (χ0) is 27.3. The monoisotopic (exact) mass is 522 g/mol. The van der Waals surface area contributed by atoms with E-state index in [1.54, 1.807) is 42.5 Å². The highest BCUT2D eigenvalue weighted by atomic mass is 19.1. The molecule has 0 aliphatic rings. The van der Waals surface area contributed by atoms with E-state index in [4.69, 9.17) is 14.2 Å². The van der Waals surface area contributed by atoms with Crippen molar-refractivity contribution >= 4 is 35.3 Å². The van der Waals surface area contributed by atoms with Crippen molar-refractivity contribution in [2.45, 2.75) is 13.3 Å². The zero-order valence-electron chi connectivity index (χ0n) is 20.8. The predicted octanol–water partition coefficient (Wildman–Crippen LogP) is 3.73. The quantitative estimate of drug-likeness (QED) is 0.200. The minimum Gasteiger partial charge on any atom is -0.494 e. The molecule has 3 amide bonds. The summed E-state index contributed by atoms with van der Waals surface area (Å²) in [7, 11) is 1.43. The molecule has 3 aromatic rings. The number of hydrogen-bond acceptors (Lipinski definition) is 7. The van der Waals surface area contributed by atoms with Gasteiger partial charge in [0.05, 0.1) is 19.9 Å². The number of carbonyl (C=O) groups is 3. The number of halogens is 1. The first-order valence-electron chi connectivity index (χ1n) is 11.6. The number of carbonyl (C=O) groups excluding carboxylic acids is 3. The van der Waals surface area contributed by atoms with Crippen LogP contribution in [-0.4, -0.2) is 44.3 Å². The molecular weight excluding hydrogens is 495 g/mol. The van der Waals surface area contributed by atoms with Crippen molar-refractivity contribution in [1.29, 1.82) is 0 Å². The molecule has 3 rings (SSSR count). The van der Waals surface area contributed by atoms with Crippen molar-refractivity contribution in [2.75, 3.05) is 31.0 Å². The fraction of sp³-hybridized carbons (Fsp3) is 0.185. The fourth-order valence-corrected chi connectivity index (χ4v) is 3.02. The lowest BCUT2D eigenvalue weighted by molar-refractivity contribution is -0.136. The van der Waals surface area contributed by atoms with Crippen LogP contribution < -0.4 is 30.3 Å². The number of hydrazone groups is 1. The van der Waals surface area contributed by atoms with Gasteiger partial charge in [0.25, 0.3) is 5.91 Å². The molecule has 0 unspecified atom stereocenters. The number of hydrogen-bond donors (Lipinski definition) is 3. The second-order valence-corrected chi connectivity index (χ2v) is 7.78. The summed E-state index contributed by atoms with van der Waals surface area (Å²) < 4.78 is 29.3. The van der Waals surface area contributed by atoms with Gasteiger partial charge in [-0.25, -0.2) is 9.82 Å². The molecule has 0 heterocycles. The van der Waals surface area contributed by atoms with Gasteiger partial charge in [-0.15, -0.1) is 0 Å². The number of benzene rings is 3. The third-order valence-electron chi connectivity index (χ3n) is 4.85. The summed E-state index contributed by atoms with van der Waals surface area (Å²) in [5.41, 5.74) is 3.56. The lowest BCUT2D eigenvalue weighted by Gasteiger charge is -2.11. The fourth-order valence-electron chi connectivity index (χ4n) is 3.02. The third-order valence-corrected chi connectivity index (χ3v) is 4.85. The maximum absolute atomic E-state index is 13.0. The number of nitrogens with zero attached hydrogens (tertiary/aromatic N) is 1. The Balaban J connectivity index is 1.48. The van der Waals surface area contributed by atoms with E-state index in [9.17, 15) is 18.8 Å². The summed E-state index contributed by atoms with van der Waals surface area (Å²) in [4.78, 5) is 36.3. The molecule has 0 aliphatic carbocycles. The Morgan fingerprint density at radius 1 is 0.868 bits per heavy atom. The smallest absolute Gasteiger partial charge is 0.329 e. The van der Waals surface area contributed by atoms with Crippen molar-refractivity contribution in [1.82, 2.24) is 5.43 Å². The zero-order valence-corrected chi connectivity index (χ0v) is 20.8. The molecule has 0 saturated heterocycles. The second kappa shape index (κ2) is 14.0. The molecule has 0 atom stereocenters. The van der Waals surface area contributed by atoms with Crippen molar-refractivity contribution in [3.05, 3.63) is 78.1 Å². The van der Waals surface area contributed by atoms with Gasteiger partial charge in [-0.2, -0.15) is 5.10 Å². The molecule has 38 heavy (non-hydrogen) atoms. The standard InChI is InChI=1S/C27H27FN4O6/c1-3-14-37-22-11-9-21(10-12-22)31-26(34)27(35)32-29-16-18-4-13-23(24(15-18)36-2)38-17-25(33)30-20-7-5-19(28)6-8-20/h4-13,15-16H,3,14,17H2,1-2H3,(H,30,33)(H,31,34)(H,32,35)/b29-16-. The van der Waals surface area contributed by atoms with Gasteiger partial charge in [-0.05, 0) is 78.7 Å². The molecule has 3 aromatic carbocycles. The minimum atomic E-state index is -0.952. The number of amides is 3. The van der Waals surface area contributed by atoms with Crippen molar-refractivity contribution < 1.29 is 33.0 Å². The van der Waals surface area contributed by atoms with Crippen LogP contribution in [0.4, 0.5) is 15.8 Å². The maximum Gasteiger partial charge on any atom is 0.329 e. The maximum atomic E-state index is 13.0. The predicted molar refractivity (Wildman–Crippen MR) is 140 cm³/mol. The number of nitrogens with one attached hydrogen (secondary N) is 3. The van der Waals surface area contributed by atoms with Crippen LogP contribution in [0.5, 0.6) is 17.2 Å². The van der Waals surface area contributed by atoms with E-state index < -0.39 is 23.5 Å². The van der Waals surface area contributed by atoms with E-state index in [0.717, 1.165) is 6.42 Å². The van der Waals surface area contributed by atoms with Gasteiger partial charge in [0.15, 0.2) is 18.1 Å². The van der Waals surface area contributed by atoms with Crippen LogP contribution in [0.15, 0.2) is 71.8 Å². The lowest BCUT2D eigenvalue weighted by Crippen LogP contribution is -2.32. The number of anilines is 2. The number of methoxy groups -OCH3 is 1. The molecule has 0 fully saturated rings. The summed E-state index contributed by atoms with van der Waals surface area (Å²) in [6.07, 6.45) is 2.20. The van der Waals surface area contributed by atoms with Crippen molar-refractivity contribution in [2.24, 2.45) is 5.10 Å². The molecule has 0 aromatic heterocycles. The Morgan fingerprint density at radius 3 is 2.24 bits per heavy atom. The van der Waals surface area contributed by atoms with E-state index in [-0.39, 0.29) is 6.61 Å². The molecule has 198 valence electrons. The lowest BCUT2D eigenvalue weighted by atomic mass is 10.2. The molecule has 0 bridgehead atoms. The Bertz CT molecular complexity index is 1280. The summed E-state index contributed by atoms with van der Waals surface area (Å²) in [6, 6.07) is 16.7. The van der Waals surface area contributed by atoms with E-state index in [0.29, 0.717) is 40.8 Å². The highest BCUT2D eigenvalue weighted by Gasteiger charge is 2.13. The molecule has 11 heteroatoms. The first kappa shape index (κ1) is 27.7. The average molecular weight is 523 g/mol. The van der Waals surface area contributed by atoms with E-state index in [2.05, 4.69) is 21.2 Å². The van der Waals surface area contributed by atoms with Crippen LogP contribution in [-0.2, 0) is 14.4 Å². The molecule has 3 N–H and O–H groups in total. The van der Waals surface area contributed by atoms with Crippen molar-refractivity contribution in [3.63, 3.8) is 0 Å². The highest BCUT2D eigenvalue weighted by molar-refractivity contribution is 6.39. The highest BCUT2D eigenvalue weighted by Crippen LogP contribution is 2.27. The minimum absolute atomic E-state index is 0.299. The molecule has 0 spiro atoms. The van der Waals surface area contributed by atoms with Crippen molar-refractivity contribution in [3.8, 4) is 17.2 Å². The van der Waals surface area contributed by atoms with Crippen LogP contribution in [0.2, 0.25) is 0 Å². The van der Waals surface area contributed by atoms with Crippen LogP contribution in [0.25, 0.3) is 0 Å². The van der Waals surface area contributed by atoms with Gasteiger partial charge in [-0.3, -0.25) is 14.4 Å². The Labute approximate surface area is 218 Å². The van der Waals surface area contributed by atoms with Crippen LogP contribution in [0.1, 0.15) is 18.9 Å². The molecule has 0 aliphatic heterocycles. The van der Waals surface area contributed by atoms with Gasteiger partial charge in [0, 0.05) is 11.4 Å². The normalized spacial score (nSPS) is 10.5. The van der Waals surface area contributed by atoms with Crippen LogP contribution in [0, 0.1) is 5.82 Å². The Hall–Kier alpha value is -4.93. The molecule has 0 radical (unpaired) electrons. The molecular formula is C27H27FN4O6. The largest absolute Gasteiger partial charge is 0.494 e. The van der Waals surface area contributed by atoms with Crippen LogP contribution in [0.3, 0.4) is 0 Å². The van der Waals surface area contributed by atoms with E-state index in [1.165, 1.54) is 37.6 Å². The topological polar surface area (TPSA) is 127 Å². The summed E-state index contributed by atoms with van der Waals surface area (Å²) in [5, 5.41) is 8.86. The summed E-state index contributed by atoms with van der Waals surface area (Å²) in [6.45, 7) is 2.28. The number of rotatable bonds is 11. The van der Waals surface area contributed by atoms with Crippen LogP contribution >= 0.6 is 0 Å². The Kier molecular flexibility index (Phi) is 10.2. The van der Waals surface area contributed by atoms with Gasteiger partial charge in [-0.1, -0.05) is 6.92 Å². The second-order valence-electron chi connectivity index (χ2n) is 7.78. The van der Waals surface area contributed by atoms with Gasteiger partial charge < -0.3 is 24.8 Å². The molecule has 0 saturated carbocycles. The van der Waals surface area contributed by atoms with Gasteiger partial charge >= 0.3 is 11.8 Å². The SMILES string of the molecule is CCCOc1ccc(NC(=O)C(=O)N/N=C\c2ccc(OCC(=O)Nc3ccc(F)cc3)c(OC)c2)cc1. The van der Waals surface area contributed by atoms with E-state index >= 15 is 0 Å². The summed E-state index contributed by atoms with van der Waals surface area (Å²) in [5.74, 6) is -1.40. The first-order valence-corrected chi connectivity index (χ1v) is 11.6. The summed E-state index contributed by atoms with van der Waals surface area (Å²) >= 11 is 0. The third kappa shape index (κ3) is 8.63.